The van der Waals surface area contributed by atoms with E-state index in [1.165, 1.54) is 6.07 Å². The fourth-order valence-electron chi connectivity index (χ4n) is 1.01. The molecule has 0 fully saturated rings. The molecule has 0 spiro atoms. The fourth-order valence-corrected chi connectivity index (χ4v) is 1.01. The quantitative estimate of drug-likeness (QED) is 0.475. The number of halogens is 3. The summed E-state index contributed by atoms with van der Waals surface area (Å²) in [5.41, 5.74) is 0.731. The molecule has 0 bridgehead atoms. The Morgan fingerprint density at radius 2 is 2.06 bits per heavy atom. The number of para-hydroxylation sites is 1. The topological polar surface area (TPSA) is 90.4 Å². The molecule has 1 aromatic carbocycles. The normalized spacial score (nSPS) is 11.0. The van der Waals surface area contributed by atoms with Crippen LogP contribution in [-0.2, 0) is 0 Å². The molecule has 0 radical (unpaired) electrons. The minimum absolute atomic E-state index is 0.327. The van der Waals surface area contributed by atoms with Crippen molar-refractivity contribution in [3.63, 3.8) is 0 Å². The monoisotopic (exact) mass is 237 g/mol. The molecule has 0 saturated heterocycles. The summed E-state index contributed by atoms with van der Waals surface area (Å²) in [7, 11) is 0. The Kier molecular flexibility index (Phi) is 3.18. The highest BCUT2D eigenvalue weighted by atomic mass is 19.4. The SMILES string of the molecule is NNc1cccc([N+](=O)[O-])c1OC(F)(F)F. The maximum atomic E-state index is 12.0. The molecule has 3 N–H and O–H groups in total. The van der Waals surface area contributed by atoms with Crippen LogP contribution >= 0.6 is 0 Å². The van der Waals surface area contributed by atoms with Gasteiger partial charge in [0.2, 0.25) is 5.75 Å². The smallest absolute Gasteiger partial charge is 0.396 e. The molecular weight excluding hydrogens is 231 g/mol. The first-order valence-corrected chi connectivity index (χ1v) is 3.85. The highest BCUT2D eigenvalue weighted by molar-refractivity contribution is 5.65. The van der Waals surface area contributed by atoms with Crippen molar-refractivity contribution >= 4 is 11.4 Å². The molecule has 0 atom stereocenters. The van der Waals surface area contributed by atoms with E-state index in [1.807, 2.05) is 5.43 Å². The minimum atomic E-state index is -5.03. The van der Waals surface area contributed by atoms with Crippen LogP contribution < -0.4 is 16.0 Å². The Morgan fingerprint density at radius 1 is 1.44 bits per heavy atom. The highest BCUT2D eigenvalue weighted by Crippen LogP contribution is 2.37. The molecule has 16 heavy (non-hydrogen) atoms. The van der Waals surface area contributed by atoms with Crippen molar-refractivity contribution in [1.29, 1.82) is 0 Å². The summed E-state index contributed by atoms with van der Waals surface area (Å²) in [4.78, 5) is 9.47. The average Bonchev–Trinajstić information content (AvgIpc) is 2.15. The highest BCUT2D eigenvalue weighted by Gasteiger charge is 2.35. The van der Waals surface area contributed by atoms with Crippen molar-refractivity contribution in [3.05, 3.63) is 28.3 Å². The molecule has 0 unspecified atom stereocenters. The molecule has 1 rings (SSSR count). The van der Waals surface area contributed by atoms with Crippen LogP contribution in [0, 0.1) is 10.1 Å². The zero-order valence-corrected chi connectivity index (χ0v) is 7.62. The van der Waals surface area contributed by atoms with Crippen LogP contribution in [0.2, 0.25) is 0 Å². The second-order valence-electron chi connectivity index (χ2n) is 2.60. The Morgan fingerprint density at radius 3 is 2.50 bits per heavy atom. The van der Waals surface area contributed by atoms with E-state index in [9.17, 15) is 23.3 Å². The van der Waals surface area contributed by atoms with Crippen molar-refractivity contribution in [2.75, 3.05) is 5.43 Å². The lowest BCUT2D eigenvalue weighted by Crippen LogP contribution is -2.20. The van der Waals surface area contributed by atoms with Crippen molar-refractivity contribution in [2.45, 2.75) is 6.36 Å². The van der Waals surface area contributed by atoms with Gasteiger partial charge >= 0.3 is 12.0 Å². The third-order valence-electron chi connectivity index (χ3n) is 1.56. The molecule has 9 heteroatoms. The van der Waals surface area contributed by atoms with Gasteiger partial charge in [0.05, 0.1) is 10.6 Å². The lowest BCUT2D eigenvalue weighted by molar-refractivity contribution is -0.388. The minimum Gasteiger partial charge on any atom is -0.396 e. The van der Waals surface area contributed by atoms with Gasteiger partial charge in [-0.2, -0.15) is 0 Å². The molecule has 1 aromatic rings. The standard InChI is InChI=1S/C7H6F3N3O3/c8-7(9,10)16-6-4(12-11)2-1-3-5(6)13(14)15/h1-3,12H,11H2. The molecule has 0 saturated carbocycles. The number of hydrazine groups is 1. The van der Waals surface area contributed by atoms with Crippen molar-refractivity contribution in [3.8, 4) is 5.75 Å². The van der Waals surface area contributed by atoms with E-state index >= 15 is 0 Å². The zero-order chi connectivity index (χ0) is 12.3. The van der Waals surface area contributed by atoms with Gasteiger partial charge in [0, 0.05) is 6.07 Å². The average molecular weight is 237 g/mol. The Hall–Kier alpha value is -2.03. The van der Waals surface area contributed by atoms with E-state index in [0.717, 1.165) is 12.1 Å². The molecule has 0 aromatic heterocycles. The lowest BCUT2D eigenvalue weighted by Gasteiger charge is -2.12. The molecular formula is C7H6F3N3O3. The largest absolute Gasteiger partial charge is 0.573 e. The van der Waals surface area contributed by atoms with Crippen LogP contribution in [0.5, 0.6) is 5.75 Å². The van der Waals surface area contributed by atoms with E-state index in [1.54, 1.807) is 0 Å². The number of nitrogen functional groups attached to an aromatic ring is 1. The van der Waals surface area contributed by atoms with Gasteiger partial charge in [0.1, 0.15) is 0 Å². The second kappa shape index (κ2) is 4.23. The molecule has 0 heterocycles. The number of ether oxygens (including phenoxy) is 1. The van der Waals surface area contributed by atoms with Crippen LogP contribution in [0.25, 0.3) is 0 Å². The number of nitrogens with one attached hydrogen (secondary N) is 1. The number of hydrogen-bond donors (Lipinski definition) is 2. The zero-order valence-electron chi connectivity index (χ0n) is 7.62. The van der Waals surface area contributed by atoms with Gasteiger partial charge < -0.3 is 10.2 Å². The summed E-state index contributed by atoms with van der Waals surface area (Å²) in [6, 6.07) is 3.17. The number of hydrogen-bond acceptors (Lipinski definition) is 5. The Balaban J connectivity index is 3.25. The Labute approximate surface area is 86.9 Å². The number of alkyl halides is 3. The molecule has 88 valence electrons. The third kappa shape index (κ3) is 2.73. The van der Waals surface area contributed by atoms with Crippen LogP contribution in [0.3, 0.4) is 0 Å². The molecule has 0 aliphatic rings. The summed E-state index contributed by atoms with van der Waals surface area (Å²) in [6.45, 7) is 0. The number of benzene rings is 1. The van der Waals surface area contributed by atoms with Gasteiger partial charge in [0.25, 0.3) is 0 Å². The lowest BCUT2D eigenvalue weighted by atomic mass is 10.2. The van der Waals surface area contributed by atoms with Gasteiger partial charge in [-0.3, -0.25) is 16.0 Å². The van der Waals surface area contributed by atoms with Gasteiger partial charge in [0.15, 0.2) is 0 Å². The third-order valence-corrected chi connectivity index (χ3v) is 1.56. The second-order valence-corrected chi connectivity index (χ2v) is 2.60. The van der Waals surface area contributed by atoms with Crippen LogP contribution in [0.1, 0.15) is 0 Å². The summed E-state index contributed by atoms with van der Waals surface area (Å²) in [5.74, 6) is 3.95. The maximum absolute atomic E-state index is 12.0. The fraction of sp³-hybridized carbons (Fsp3) is 0.143. The number of nitrogens with two attached hydrogens (primary N) is 1. The first-order valence-electron chi connectivity index (χ1n) is 3.85. The van der Waals surface area contributed by atoms with Gasteiger partial charge in [-0.15, -0.1) is 13.2 Å². The molecule has 0 aliphatic heterocycles. The van der Waals surface area contributed by atoms with Crippen LogP contribution in [0.4, 0.5) is 24.5 Å². The van der Waals surface area contributed by atoms with Crippen molar-refractivity contribution in [2.24, 2.45) is 5.84 Å². The first kappa shape index (κ1) is 12.0. The van der Waals surface area contributed by atoms with E-state index < -0.39 is 22.7 Å². The van der Waals surface area contributed by atoms with Crippen LogP contribution in [0.15, 0.2) is 18.2 Å². The summed E-state index contributed by atoms with van der Waals surface area (Å²) in [5, 5.41) is 10.5. The van der Waals surface area contributed by atoms with Crippen LogP contribution in [-0.4, -0.2) is 11.3 Å². The first-order chi connectivity index (χ1) is 7.35. The van der Waals surface area contributed by atoms with E-state index in [2.05, 4.69) is 4.74 Å². The van der Waals surface area contributed by atoms with Crippen molar-refractivity contribution in [1.82, 2.24) is 0 Å². The molecule has 6 nitrogen and oxygen atoms in total. The number of nitro benzene ring substituents is 1. The number of nitro groups is 1. The van der Waals surface area contributed by atoms with Gasteiger partial charge in [-0.1, -0.05) is 6.07 Å². The van der Waals surface area contributed by atoms with E-state index in [-0.39, 0.29) is 5.69 Å². The maximum Gasteiger partial charge on any atom is 0.573 e. The number of nitrogens with zero attached hydrogens (tertiary/aromatic N) is 1. The number of rotatable bonds is 3. The summed E-state index contributed by atoms with van der Waals surface area (Å²) in [6.07, 6.45) is -5.03. The summed E-state index contributed by atoms with van der Waals surface area (Å²) < 4.78 is 39.5. The van der Waals surface area contributed by atoms with Crippen molar-refractivity contribution < 1.29 is 22.8 Å². The molecule has 0 amide bonds. The van der Waals surface area contributed by atoms with Gasteiger partial charge in [-0.25, -0.2) is 0 Å². The van der Waals surface area contributed by atoms with Gasteiger partial charge in [-0.05, 0) is 6.07 Å². The molecule has 0 aliphatic carbocycles. The predicted molar refractivity (Wildman–Crippen MR) is 47.6 cm³/mol. The Bertz CT molecular complexity index is 408. The van der Waals surface area contributed by atoms with E-state index in [0.29, 0.717) is 0 Å². The number of anilines is 1. The summed E-state index contributed by atoms with van der Waals surface area (Å²) >= 11 is 0. The predicted octanol–water partition coefficient (Wildman–Crippen LogP) is 1.78. The van der Waals surface area contributed by atoms with E-state index in [4.69, 9.17) is 5.84 Å².